The van der Waals surface area contributed by atoms with Gasteiger partial charge in [0.15, 0.2) is 0 Å². The molecule has 3 atom stereocenters. The first kappa shape index (κ1) is 12.2. The molecule has 0 radical (unpaired) electrons. The average molecular weight is 262 g/mol. The van der Waals surface area contributed by atoms with Gasteiger partial charge in [-0.3, -0.25) is 4.79 Å². The maximum absolute atomic E-state index is 11.1. The first-order valence-electron chi connectivity index (χ1n) is 6.59. The van der Waals surface area contributed by atoms with Gasteiger partial charge in [0.05, 0.1) is 17.9 Å². The van der Waals surface area contributed by atoms with Crippen molar-refractivity contribution < 1.29 is 9.53 Å². The van der Waals surface area contributed by atoms with E-state index in [1.165, 1.54) is 12.5 Å². The minimum absolute atomic E-state index is 0.223. The molecule has 2 fully saturated rings. The van der Waals surface area contributed by atoms with E-state index >= 15 is 0 Å². The molecule has 102 valence electrons. The number of amides is 1. The Labute approximate surface area is 111 Å². The largest absolute Gasteiger partial charge is 0.396 e. The molecule has 2 aliphatic rings. The van der Waals surface area contributed by atoms with Gasteiger partial charge in [-0.15, -0.1) is 0 Å². The topological polar surface area (TPSA) is 103 Å². The highest BCUT2D eigenvalue weighted by Gasteiger charge is 2.40. The Morgan fingerprint density at radius 1 is 1.47 bits per heavy atom. The van der Waals surface area contributed by atoms with Gasteiger partial charge in [0.2, 0.25) is 0 Å². The second-order valence-corrected chi connectivity index (χ2v) is 5.25. The van der Waals surface area contributed by atoms with E-state index in [9.17, 15) is 4.79 Å². The molecular formula is C13H18N4O2. The van der Waals surface area contributed by atoms with Gasteiger partial charge in [-0.1, -0.05) is 0 Å². The molecule has 1 aromatic rings. The molecule has 2 aliphatic heterocycles. The second-order valence-electron chi connectivity index (χ2n) is 5.25. The molecule has 1 amide bonds. The number of carbonyl (C=O) groups excluding carboxylic acids is 1. The van der Waals surface area contributed by atoms with Crippen LogP contribution in [0.1, 0.15) is 29.8 Å². The van der Waals surface area contributed by atoms with Crippen molar-refractivity contribution in [1.29, 1.82) is 0 Å². The van der Waals surface area contributed by atoms with Gasteiger partial charge < -0.3 is 21.5 Å². The van der Waals surface area contributed by atoms with E-state index < -0.39 is 5.91 Å². The van der Waals surface area contributed by atoms with Crippen LogP contribution < -0.4 is 16.8 Å². The van der Waals surface area contributed by atoms with Crippen LogP contribution in [0.5, 0.6) is 0 Å². The number of hydrogen-bond acceptors (Lipinski definition) is 5. The van der Waals surface area contributed by atoms with Gasteiger partial charge >= 0.3 is 0 Å². The quantitative estimate of drug-likeness (QED) is 0.742. The molecule has 2 saturated heterocycles. The van der Waals surface area contributed by atoms with Crippen LogP contribution >= 0.6 is 0 Å². The summed E-state index contributed by atoms with van der Waals surface area (Å²) in [6, 6.07) is 3.18. The van der Waals surface area contributed by atoms with Gasteiger partial charge in [0.1, 0.15) is 11.5 Å². The number of hydrogen-bond donors (Lipinski definition) is 3. The fourth-order valence-electron chi connectivity index (χ4n) is 2.93. The Kier molecular flexibility index (Phi) is 3.02. The lowest BCUT2D eigenvalue weighted by molar-refractivity contribution is 0.0941. The third kappa shape index (κ3) is 2.35. The minimum atomic E-state index is -0.550. The first-order chi connectivity index (χ1) is 9.13. The lowest BCUT2D eigenvalue weighted by atomic mass is 9.89. The zero-order chi connectivity index (χ0) is 13.4. The molecule has 0 aliphatic carbocycles. The summed E-state index contributed by atoms with van der Waals surface area (Å²) in [5, 5.41) is 3.21. The predicted octanol–water partition coefficient (Wildman–Crippen LogP) is 0.742. The Balaban J connectivity index is 1.66. The smallest absolute Gasteiger partial charge is 0.267 e. The monoisotopic (exact) mass is 262 g/mol. The number of aromatic nitrogens is 1. The van der Waals surface area contributed by atoms with Crippen LogP contribution in [-0.2, 0) is 4.74 Å². The molecule has 3 unspecified atom stereocenters. The van der Waals surface area contributed by atoms with Crippen LogP contribution in [0.3, 0.4) is 0 Å². The van der Waals surface area contributed by atoms with Crippen molar-refractivity contribution in [3.05, 3.63) is 17.8 Å². The summed E-state index contributed by atoms with van der Waals surface area (Å²) in [4.78, 5) is 15.2. The van der Waals surface area contributed by atoms with Crippen molar-refractivity contribution in [3.63, 3.8) is 0 Å². The molecular weight excluding hydrogens is 244 g/mol. The van der Waals surface area contributed by atoms with Crippen molar-refractivity contribution >= 4 is 17.4 Å². The van der Waals surface area contributed by atoms with Crippen LogP contribution in [0.25, 0.3) is 0 Å². The molecule has 3 heterocycles. The summed E-state index contributed by atoms with van der Waals surface area (Å²) in [6.07, 6.45) is 4.20. The van der Waals surface area contributed by atoms with Gasteiger partial charge in [-0.25, -0.2) is 4.98 Å². The summed E-state index contributed by atoms with van der Waals surface area (Å²) in [7, 11) is 0. The highest BCUT2D eigenvalue weighted by Crippen LogP contribution is 2.38. The highest BCUT2D eigenvalue weighted by molar-refractivity contribution is 5.91. The minimum Gasteiger partial charge on any atom is -0.396 e. The van der Waals surface area contributed by atoms with E-state index in [2.05, 4.69) is 10.3 Å². The number of nitrogens with zero attached hydrogens (tertiary/aromatic N) is 1. The Hall–Kier alpha value is -1.82. The van der Waals surface area contributed by atoms with Crippen molar-refractivity contribution in [1.82, 2.24) is 4.98 Å². The van der Waals surface area contributed by atoms with Gasteiger partial charge in [-0.05, 0) is 31.4 Å². The standard InChI is InChI=1S/C13H18N4O2/c14-9-2-3-10(12(15)18)17-13(9)16-6-7-5-8-1-4-11(7)19-8/h2-3,7-8,11H,1,4-6,14H2,(H2,15,18)(H,16,17). The fraction of sp³-hybridized carbons (Fsp3) is 0.538. The first-order valence-corrected chi connectivity index (χ1v) is 6.59. The van der Waals surface area contributed by atoms with Crippen molar-refractivity contribution in [2.45, 2.75) is 31.5 Å². The van der Waals surface area contributed by atoms with Crippen LogP contribution in [0.2, 0.25) is 0 Å². The van der Waals surface area contributed by atoms with Crippen molar-refractivity contribution in [3.8, 4) is 0 Å². The molecule has 3 rings (SSSR count). The third-order valence-electron chi connectivity index (χ3n) is 3.94. The van der Waals surface area contributed by atoms with Crippen LogP contribution in [0, 0.1) is 5.92 Å². The average Bonchev–Trinajstić information content (AvgIpc) is 2.99. The van der Waals surface area contributed by atoms with Crippen LogP contribution in [0.4, 0.5) is 11.5 Å². The summed E-state index contributed by atoms with van der Waals surface area (Å²) in [6.45, 7) is 0.764. The SMILES string of the molecule is NC(=O)c1ccc(N)c(NCC2CC3CCC2O3)n1. The van der Waals surface area contributed by atoms with Gasteiger partial charge in [0.25, 0.3) is 5.91 Å². The van der Waals surface area contributed by atoms with E-state index in [-0.39, 0.29) is 5.69 Å². The molecule has 6 nitrogen and oxygen atoms in total. The Morgan fingerprint density at radius 2 is 2.32 bits per heavy atom. The summed E-state index contributed by atoms with van der Waals surface area (Å²) < 4.78 is 5.80. The number of fused-ring (bicyclic) bond motifs is 2. The van der Waals surface area contributed by atoms with Crippen LogP contribution in [0.15, 0.2) is 12.1 Å². The molecule has 1 aromatic heterocycles. The van der Waals surface area contributed by atoms with Crippen molar-refractivity contribution in [2.75, 3.05) is 17.6 Å². The molecule has 0 spiro atoms. The highest BCUT2D eigenvalue weighted by atomic mass is 16.5. The maximum Gasteiger partial charge on any atom is 0.267 e. The van der Waals surface area contributed by atoms with Crippen LogP contribution in [-0.4, -0.2) is 29.6 Å². The summed E-state index contributed by atoms with van der Waals surface area (Å²) in [5.41, 5.74) is 11.8. The number of anilines is 2. The molecule has 0 aromatic carbocycles. The number of nitrogen functional groups attached to an aromatic ring is 1. The number of carbonyl (C=O) groups is 1. The Bertz CT molecular complexity index is 505. The van der Waals surface area contributed by atoms with Gasteiger partial charge in [0, 0.05) is 12.5 Å². The normalized spacial score (nSPS) is 28.5. The predicted molar refractivity (Wildman–Crippen MR) is 71.7 cm³/mol. The maximum atomic E-state index is 11.1. The molecule has 19 heavy (non-hydrogen) atoms. The molecule has 5 N–H and O–H groups in total. The number of ether oxygens (including phenoxy) is 1. The van der Waals surface area contributed by atoms with E-state index in [0.717, 1.165) is 19.4 Å². The van der Waals surface area contributed by atoms with E-state index in [1.807, 2.05) is 0 Å². The van der Waals surface area contributed by atoms with Gasteiger partial charge in [-0.2, -0.15) is 0 Å². The van der Waals surface area contributed by atoms with Crippen molar-refractivity contribution in [2.24, 2.45) is 11.7 Å². The number of primary amides is 1. The number of pyridine rings is 1. The Morgan fingerprint density at radius 3 is 2.95 bits per heavy atom. The summed E-state index contributed by atoms with van der Waals surface area (Å²) in [5.74, 6) is 0.475. The van der Waals surface area contributed by atoms with E-state index in [0.29, 0.717) is 29.6 Å². The lowest BCUT2D eigenvalue weighted by Gasteiger charge is -2.19. The third-order valence-corrected chi connectivity index (χ3v) is 3.94. The summed E-state index contributed by atoms with van der Waals surface area (Å²) >= 11 is 0. The lowest BCUT2D eigenvalue weighted by Crippen LogP contribution is -2.25. The molecule has 2 bridgehead atoms. The van der Waals surface area contributed by atoms with E-state index in [1.54, 1.807) is 6.07 Å². The number of nitrogens with one attached hydrogen (secondary N) is 1. The molecule has 0 saturated carbocycles. The number of rotatable bonds is 4. The second kappa shape index (κ2) is 4.70. The van der Waals surface area contributed by atoms with E-state index in [4.69, 9.17) is 16.2 Å². The number of nitrogens with two attached hydrogens (primary N) is 2. The fourth-order valence-corrected chi connectivity index (χ4v) is 2.93. The molecule has 6 heteroatoms. The zero-order valence-electron chi connectivity index (χ0n) is 10.6. The zero-order valence-corrected chi connectivity index (χ0v) is 10.6.